The summed E-state index contributed by atoms with van der Waals surface area (Å²) in [5.74, 6) is -0.693. The van der Waals surface area contributed by atoms with Gasteiger partial charge in [0.25, 0.3) is 0 Å². The maximum absolute atomic E-state index is 2.50. The summed E-state index contributed by atoms with van der Waals surface area (Å²) in [6.07, 6.45) is 4.99. The summed E-state index contributed by atoms with van der Waals surface area (Å²) >= 11 is -1.79. The normalized spacial score (nSPS) is 19.2. The average molecular weight is 475 g/mol. The Morgan fingerprint density at radius 2 is 1.11 bits per heavy atom. The predicted molar refractivity (Wildman–Crippen MR) is 114 cm³/mol. The van der Waals surface area contributed by atoms with Crippen LogP contribution in [0.5, 0.6) is 0 Å². The largest absolute Gasteiger partial charge is 1.00 e. The fourth-order valence-corrected chi connectivity index (χ4v) is 33.7. The van der Waals surface area contributed by atoms with Gasteiger partial charge in [0, 0.05) is 0 Å². The van der Waals surface area contributed by atoms with Crippen LogP contribution in [0.15, 0.2) is 59.7 Å². The molecule has 0 amide bonds. The Morgan fingerprint density at radius 3 is 1.50 bits per heavy atom. The Morgan fingerprint density at radius 1 is 0.714 bits per heavy atom. The minimum atomic E-state index is -1.79. The molecule has 0 saturated carbocycles. The third-order valence-electron chi connectivity index (χ3n) is 6.41. The van der Waals surface area contributed by atoms with E-state index < -0.39 is 26.8 Å². The second-order valence-electron chi connectivity index (χ2n) is 7.91. The van der Waals surface area contributed by atoms with Gasteiger partial charge in [0.2, 0.25) is 0 Å². The molecule has 0 N–H and O–H groups in total. The summed E-state index contributed by atoms with van der Waals surface area (Å²) in [6, 6.07) is 21.4. The van der Waals surface area contributed by atoms with Crippen molar-refractivity contribution in [1.29, 1.82) is 0 Å². The molecule has 2 atom stereocenters. The number of halogens is 2. The summed E-state index contributed by atoms with van der Waals surface area (Å²) in [5, 5.41) is 0. The first-order valence-electron chi connectivity index (χ1n) is 10.1. The first kappa shape index (κ1) is 23.2. The fraction of sp³-hybridized carbons (Fsp3) is 0.333. The van der Waals surface area contributed by atoms with E-state index in [4.69, 9.17) is 0 Å². The van der Waals surface area contributed by atoms with Crippen molar-refractivity contribution in [1.82, 2.24) is 0 Å². The van der Waals surface area contributed by atoms with E-state index in [1.165, 1.54) is 23.2 Å². The molecule has 4 rings (SSSR count). The van der Waals surface area contributed by atoms with Crippen molar-refractivity contribution in [3.05, 3.63) is 81.9 Å². The number of fused-ring (bicyclic) bond motifs is 2. The van der Waals surface area contributed by atoms with Crippen LogP contribution in [-0.4, -0.2) is 5.92 Å². The van der Waals surface area contributed by atoms with Gasteiger partial charge in [-0.2, -0.15) is 0 Å². The molecule has 0 nitrogen and oxygen atoms in total. The smallest absolute Gasteiger partial charge is 1.00 e. The Balaban J connectivity index is 0.00000140. The maximum atomic E-state index is 2.50. The summed E-state index contributed by atoms with van der Waals surface area (Å²) in [7, 11) is 0. The fourth-order valence-electron chi connectivity index (χ4n) is 5.24. The van der Waals surface area contributed by atoms with E-state index in [1.807, 2.05) is 0 Å². The summed E-state index contributed by atoms with van der Waals surface area (Å²) in [5.41, 5.74) is 9.66. The molecule has 0 radical (unpaired) electrons. The molecule has 0 spiro atoms. The third-order valence-corrected chi connectivity index (χ3v) is 33.3. The van der Waals surface area contributed by atoms with Crippen molar-refractivity contribution in [2.75, 3.05) is 0 Å². The first-order chi connectivity index (χ1) is 12.7. The van der Waals surface area contributed by atoms with Crippen LogP contribution in [-0.2, 0) is 20.9 Å². The van der Waals surface area contributed by atoms with Gasteiger partial charge in [-0.1, -0.05) is 0 Å². The number of allylic oxidation sites excluding steroid dienone is 2. The average Bonchev–Trinajstić information content (AvgIpc) is 3.15. The molecular formula is C24H29F2SiZr. The van der Waals surface area contributed by atoms with Crippen LogP contribution >= 0.6 is 0 Å². The van der Waals surface area contributed by atoms with Crippen LogP contribution < -0.4 is 9.41 Å². The van der Waals surface area contributed by atoms with Crippen molar-refractivity contribution in [2.24, 2.45) is 0 Å². The number of benzene rings is 2. The monoisotopic (exact) mass is 473 g/mol. The SMILES string of the molecule is CC[SiH](CC)[Zr+2]([CH]1C(C)=Cc2ccccc21)[CH]1C(C)=Cc2ccccc21.[F-].[F-]. The molecule has 2 aliphatic rings. The molecule has 0 aromatic heterocycles. The van der Waals surface area contributed by atoms with Crippen molar-refractivity contribution in [3.8, 4) is 0 Å². The Hall–Kier alpha value is -1.12. The summed E-state index contributed by atoms with van der Waals surface area (Å²) in [4.78, 5) is 0. The topological polar surface area (TPSA) is 0 Å². The van der Waals surface area contributed by atoms with Gasteiger partial charge < -0.3 is 9.41 Å². The van der Waals surface area contributed by atoms with Crippen molar-refractivity contribution < 1.29 is 30.3 Å². The third kappa shape index (κ3) is 3.83. The van der Waals surface area contributed by atoms with Gasteiger partial charge in [-0.05, 0) is 0 Å². The van der Waals surface area contributed by atoms with Crippen LogP contribution in [0.1, 0.15) is 57.2 Å². The zero-order valence-corrected chi connectivity index (χ0v) is 20.8. The van der Waals surface area contributed by atoms with Gasteiger partial charge in [-0.25, -0.2) is 0 Å². The van der Waals surface area contributed by atoms with Crippen LogP contribution in [0.3, 0.4) is 0 Å². The standard InChI is InChI=1S/2C10H9.C4H11Si.2FH.Zr/c2*1-8-6-9-4-2-3-5-10(9)7-8;1-3-5-4-2;;;/h2*2-7H,1H3;5H,3-4H2,1-2H3;2*1H;/q;;;;;+2/p-2. The number of hydrogen-bond acceptors (Lipinski definition) is 0. The quantitative estimate of drug-likeness (QED) is 0.560. The second-order valence-corrected chi connectivity index (χ2v) is 26.2. The Labute approximate surface area is 176 Å². The molecule has 4 heteroatoms. The molecule has 2 aromatic carbocycles. The minimum Gasteiger partial charge on any atom is -1.00 e. The predicted octanol–water partition coefficient (Wildman–Crippen LogP) is 0.693. The van der Waals surface area contributed by atoms with Gasteiger partial charge in [0.05, 0.1) is 0 Å². The zero-order chi connectivity index (χ0) is 18.3. The van der Waals surface area contributed by atoms with Crippen LogP contribution in [0.25, 0.3) is 12.2 Å². The van der Waals surface area contributed by atoms with E-state index in [9.17, 15) is 0 Å². The molecule has 0 fully saturated rings. The van der Waals surface area contributed by atoms with E-state index in [1.54, 1.807) is 22.3 Å². The molecule has 0 heterocycles. The Bertz CT molecular complexity index is 818. The molecule has 2 aromatic rings. The van der Waals surface area contributed by atoms with E-state index in [0.717, 1.165) is 7.25 Å². The molecule has 0 bridgehead atoms. The van der Waals surface area contributed by atoms with Crippen LogP contribution in [0.2, 0.25) is 12.1 Å². The molecule has 0 aliphatic heterocycles. The van der Waals surface area contributed by atoms with E-state index in [-0.39, 0.29) is 9.41 Å². The van der Waals surface area contributed by atoms with Gasteiger partial charge in [-0.15, -0.1) is 0 Å². The first-order valence-corrected chi connectivity index (χ1v) is 19.4. The minimum absolute atomic E-state index is 0. The van der Waals surface area contributed by atoms with Gasteiger partial charge in [0.1, 0.15) is 0 Å². The summed E-state index contributed by atoms with van der Waals surface area (Å²) < 4.78 is 1.59. The van der Waals surface area contributed by atoms with Crippen molar-refractivity contribution in [3.63, 3.8) is 0 Å². The second kappa shape index (κ2) is 9.59. The van der Waals surface area contributed by atoms with E-state index in [0.29, 0.717) is 0 Å². The Kier molecular flexibility index (Phi) is 7.93. The van der Waals surface area contributed by atoms with Crippen molar-refractivity contribution in [2.45, 2.75) is 47.0 Å². The number of hydrogen-bond donors (Lipinski definition) is 0. The summed E-state index contributed by atoms with van der Waals surface area (Å²) in [6.45, 7) is 9.81. The van der Waals surface area contributed by atoms with Crippen LogP contribution in [0.4, 0.5) is 0 Å². The zero-order valence-electron chi connectivity index (χ0n) is 17.2. The van der Waals surface area contributed by atoms with E-state index >= 15 is 0 Å². The molecular weight excluding hydrogens is 446 g/mol. The van der Waals surface area contributed by atoms with Gasteiger partial charge in [-0.3, -0.25) is 0 Å². The van der Waals surface area contributed by atoms with Gasteiger partial charge in [0.15, 0.2) is 0 Å². The molecule has 0 saturated heterocycles. The molecule has 147 valence electrons. The van der Waals surface area contributed by atoms with Crippen molar-refractivity contribution >= 4 is 18.1 Å². The molecule has 28 heavy (non-hydrogen) atoms. The van der Waals surface area contributed by atoms with E-state index in [2.05, 4.69) is 88.4 Å². The van der Waals surface area contributed by atoms with Gasteiger partial charge >= 0.3 is 168 Å². The molecule has 2 unspecified atom stereocenters. The molecule has 2 aliphatic carbocycles. The number of rotatable bonds is 5. The van der Waals surface area contributed by atoms with Crippen LogP contribution in [0, 0.1) is 0 Å². The maximum Gasteiger partial charge on any atom is -1.00 e.